The van der Waals surface area contributed by atoms with E-state index in [1.807, 2.05) is 12.1 Å². The number of anilines is 1. The molecule has 1 saturated heterocycles. The van der Waals surface area contributed by atoms with Gasteiger partial charge in [-0.25, -0.2) is 12.8 Å². The highest BCUT2D eigenvalue weighted by Crippen LogP contribution is 2.28. The summed E-state index contributed by atoms with van der Waals surface area (Å²) >= 11 is 0. The summed E-state index contributed by atoms with van der Waals surface area (Å²) in [5, 5.41) is 2.78. The molecular formula is C20H23FN2O3S. The summed E-state index contributed by atoms with van der Waals surface area (Å²) in [5.41, 5.74) is 1.76. The number of rotatable bonds is 5. The number of carbonyl (C=O) groups excluding carboxylic acids is 1. The molecule has 1 N–H and O–H groups in total. The number of hydrogen-bond acceptors (Lipinski definition) is 3. The standard InChI is InChI=1S/C20H23FN2O3S/c1-14(2)15-9-11-16(12-10-15)22-20(24)18-7-5-13-23(18)27(25,26)19-8-4-3-6-17(19)21/h3-4,6,8-12,14,18H,5,7,13H2,1-2H3,(H,22,24)/t18-/m0/s1. The summed E-state index contributed by atoms with van der Waals surface area (Å²) in [7, 11) is -4.08. The molecular weight excluding hydrogens is 367 g/mol. The maximum atomic E-state index is 14.0. The Bertz CT molecular complexity index is 926. The SMILES string of the molecule is CC(C)c1ccc(NC(=O)[C@@H]2CCCN2S(=O)(=O)c2ccccc2F)cc1. The summed E-state index contributed by atoms with van der Waals surface area (Å²) in [6.45, 7) is 4.36. The minimum absolute atomic E-state index is 0.195. The lowest BCUT2D eigenvalue weighted by Crippen LogP contribution is -2.43. The number of amides is 1. The van der Waals surface area contributed by atoms with Gasteiger partial charge in [-0.2, -0.15) is 4.31 Å². The lowest BCUT2D eigenvalue weighted by molar-refractivity contribution is -0.119. The molecule has 2 aromatic rings. The molecule has 1 amide bonds. The van der Waals surface area contributed by atoms with Gasteiger partial charge < -0.3 is 5.32 Å². The van der Waals surface area contributed by atoms with Crippen molar-refractivity contribution in [3.05, 3.63) is 59.9 Å². The first-order valence-electron chi connectivity index (χ1n) is 8.98. The van der Waals surface area contributed by atoms with Crippen molar-refractivity contribution in [1.82, 2.24) is 4.31 Å². The van der Waals surface area contributed by atoms with Crippen LogP contribution in [0.4, 0.5) is 10.1 Å². The van der Waals surface area contributed by atoms with Crippen LogP contribution in [0, 0.1) is 5.82 Å². The van der Waals surface area contributed by atoms with Crippen LogP contribution in [0.25, 0.3) is 0 Å². The quantitative estimate of drug-likeness (QED) is 0.846. The number of carbonyl (C=O) groups is 1. The first-order valence-corrected chi connectivity index (χ1v) is 10.4. The van der Waals surface area contributed by atoms with E-state index >= 15 is 0 Å². The molecule has 1 heterocycles. The number of sulfonamides is 1. The largest absolute Gasteiger partial charge is 0.325 e. The Hall–Kier alpha value is -2.25. The fourth-order valence-corrected chi connectivity index (χ4v) is 4.97. The molecule has 1 fully saturated rings. The van der Waals surface area contributed by atoms with Crippen molar-refractivity contribution in [3.8, 4) is 0 Å². The zero-order valence-corrected chi connectivity index (χ0v) is 16.2. The van der Waals surface area contributed by atoms with E-state index in [4.69, 9.17) is 0 Å². The van der Waals surface area contributed by atoms with Gasteiger partial charge in [-0.1, -0.05) is 38.1 Å². The summed E-state index contributed by atoms with van der Waals surface area (Å²) in [5.74, 6) is -0.830. The van der Waals surface area contributed by atoms with Gasteiger partial charge in [0.25, 0.3) is 0 Å². The highest BCUT2D eigenvalue weighted by atomic mass is 32.2. The van der Waals surface area contributed by atoms with Gasteiger partial charge in [-0.05, 0) is 48.6 Å². The van der Waals surface area contributed by atoms with Crippen LogP contribution < -0.4 is 5.32 Å². The lowest BCUT2D eigenvalue weighted by atomic mass is 10.0. The van der Waals surface area contributed by atoms with Crippen LogP contribution >= 0.6 is 0 Å². The third kappa shape index (κ3) is 4.04. The van der Waals surface area contributed by atoms with Crippen molar-refractivity contribution in [2.24, 2.45) is 0 Å². The number of halogens is 1. The van der Waals surface area contributed by atoms with E-state index in [0.29, 0.717) is 24.4 Å². The van der Waals surface area contributed by atoms with Crippen LogP contribution in [-0.4, -0.2) is 31.2 Å². The van der Waals surface area contributed by atoms with E-state index in [1.165, 1.54) is 18.2 Å². The minimum atomic E-state index is -4.08. The van der Waals surface area contributed by atoms with E-state index in [-0.39, 0.29) is 6.54 Å². The third-order valence-electron chi connectivity index (χ3n) is 4.77. The van der Waals surface area contributed by atoms with E-state index in [1.54, 1.807) is 12.1 Å². The molecule has 0 unspecified atom stereocenters. The molecule has 2 aromatic carbocycles. The highest BCUT2D eigenvalue weighted by molar-refractivity contribution is 7.89. The fourth-order valence-electron chi connectivity index (χ4n) is 3.25. The predicted molar refractivity (Wildman–Crippen MR) is 102 cm³/mol. The van der Waals surface area contributed by atoms with Gasteiger partial charge in [0.1, 0.15) is 16.8 Å². The normalized spacial score (nSPS) is 18.0. The molecule has 27 heavy (non-hydrogen) atoms. The molecule has 0 saturated carbocycles. The Labute approximate surface area is 159 Å². The summed E-state index contributed by atoms with van der Waals surface area (Å²) in [6, 6.07) is 11.9. The molecule has 0 aromatic heterocycles. The van der Waals surface area contributed by atoms with Gasteiger partial charge in [-0.15, -0.1) is 0 Å². The van der Waals surface area contributed by atoms with E-state index in [0.717, 1.165) is 15.9 Å². The second kappa shape index (κ2) is 7.78. The number of hydrogen-bond donors (Lipinski definition) is 1. The van der Waals surface area contributed by atoms with E-state index in [2.05, 4.69) is 19.2 Å². The first-order chi connectivity index (χ1) is 12.8. The molecule has 0 aliphatic carbocycles. The molecule has 0 bridgehead atoms. The molecule has 3 rings (SSSR count). The van der Waals surface area contributed by atoms with Crippen molar-refractivity contribution in [2.75, 3.05) is 11.9 Å². The summed E-state index contributed by atoms with van der Waals surface area (Å²) in [4.78, 5) is 12.3. The Balaban J connectivity index is 1.79. The lowest BCUT2D eigenvalue weighted by Gasteiger charge is -2.23. The van der Waals surface area contributed by atoms with Gasteiger partial charge in [0.2, 0.25) is 15.9 Å². The van der Waals surface area contributed by atoms with Crippen LogP contribution in [0.3, 0.4) is 0 Å². The fraction of sp³-hybridized carbons (Fsp3) is 0.350. The molecule has 5 nitrogen and oxygen atoms in total. The Morgan fingerprint density at radius 2 is 1.81 bits per heavy atom. The smallest absolute Gasteiger partial charge is 0.246 e. The second-order valence-corrected chi connectivity index (χ2v) is 8.83. The molecule has 1 aliphatic heterocycles. The van der Waals surface area contributed by atoms with Crippen LogP contribution in [-0.2, 0) is 14.8 Å². The Morgan fingerprint density at radius 3 is 2.44 bits per heavy atom. The topological polar surface area (TPSA) is 66.5 Å². The zero-order chi connectivity index (χ0) is 19.6. The Morgan fingerprint density at radius 1 is 1.15 bits per heavy atom. The highest BCUT2D eigenvalue weighted by Gasteiger charge is 2.40. The van der Waals surface area contributed by atoms with Crippen LogP contribution in [0.5, 0.6) is 0 Å². The first kappa shape index (κ1) is 19.5. The van der Waals surface area contributed by atoms with Gasteiger partial charge >= 0.3 is 0 Å². The Kier molecular flexibility index (Phi) is 5.62. The zero-order valence-electron chi connectivity index (χ0n) is 15.4. The van der Waals surface area contributed by atoms with E-state index < -0.39 is 32.7 Å². The molecule has 0 spiro atoms. The van der Waals surface area contributed by atoms with Gasteiger partial charge in [0.15, 0.2) is 0 Å². The second-order valence-electron chi connectivity index (χ2n) is 6.97. The van der Waals surface area contributed by atoms with Gasteiger partial charge in [0, 0.05) is 12.2 Å². The molecule has 144 valence electrons. The summed E-state index contributed by atoms with van der Waals surface area (Å²) in [6.07, 6.45) is 0.960. The minimum Gasteiger partial charge on any atom is -0.325 e. The number of nitrogens with zero attached hydrogens (tertiary/aromatic N) is 1. The van der Waals surface area contributed by atoms with Crippen molar-refractivity contribution >= 4 is 21.6 Å². The average Bonchev–Trinajstić information content (AvgIpc) is 3.13. The van der Waals surface area contributed by atoms with Gasteiger partial charge in [0.05, 0.1) is 0 Å². The predicted octanol–water partition coefficient (Wildman–Crippen LogP) is 3.74. The molecule has 0 radical (unpaired) electrons. The average molecular weight is 390 g/mol. The molecule has 1 aliphatic rings. The van der Waals surface area contributed by atoms with Gasteiger partial charge in [-0.3, -0.25) is 4.79 Å². The maximum Gasteiger partial charge on any atom is 0.246 e. The maximum absolute atomic E-state index is 14.0. The van der Waals surface area contributed by atoms with Crippen molar-refractivity contribution < 1.29 is 17.6 Å². The van der Waals surface area contributed by atoms with Crippen molar-refractivity contribution in [1.29, 1.82) is 0 Å². The molecule has 7 heteroatoms. The van der Waals surface area contributed by atoms with Crippen molar-refractivity contribution in [3.63, 3.8) is 0 Å². The monoisotopic (exact) mass is 390 g/mol. The van der Waals surface area contributed by atoms with Crippen LogP contribution in [0.1, 0.15) is 38.2 Å². The molecule has 1 atom stereocenters. The third-order valence-corrected chi connectivity index (χ3v) is 6.72. The van der Waals surface area contributed by atoms with Crippen molar-refractivity contribution in [2.45, 2.75) is 43.5 Å². The van der Waals surface area contributed by atoms with Crippen LogP contribution in [0.2, 0.25) is 0 Å². The van der Waals surface area contributed by atoms with E-state index in [9.17, 15) is 17.6 Å². The number of nitrogens with one attached hydrogen (secondary N) is 1. The number of benzene rings is 2. The summed E-state index contributed by atoms with van der Waals surface area (Å²) < 4.78 is 40.8. The van der Waals surface area contributed by atoms with Crippen LogP contribution in [0.15, 0.2) is 53.4 Å².